The fraction of sp³-hybridized carbons (Fsp3) is 0.385. The number of aromatic nitrogens is 2. The van der Waals surface area contributed by atoms with Gasteiger partial charge in [0.15, 0.2) is 0 Å². The fourth-order valence-electron chi connectivity index (χ4n) is 1.66. The SMILES string of the molecule is C=CCN(CCCc1cn(CC=C)cn1)C(=O)O. The molecule has 0 bridgehead atoms. The second-order valence-electron chi connectivity index (χ2n) is 3.97. The summed E-state index contributed by atoms with van der Waals surface area (Å²) in [6.45, 7) is 8.80. The average Bonchev–Trinajstić information content (AvgIpc) is 2.76. The molecule has 0 aliphatic carbocycles. The van der Waals surface area contributed by atoms with Gasteiger partial charge in [-0.1, -0.05) is 12.2 Å². The van der Waals surface area contributed by atoms with Gasteiger partial charge in [0.2, 0.25) is 0 Å². The standard InChI is InChI=1S/C13H19N3O2/c1-3-7-15-10-12(14-11-15)6-5-9-16(8-4-2)13(17)18/h3-4,10-11H,1-2,5-9H2,(H,17,18). The van der Waals surface area contributed by atoms with Crippen molar-refractivity contribution < 1.29 is 9.90 Å². The van der Waals surface area contributed by atoms with Gasteiger partial charge in [-0.3, -0.25) is 0 Å². The van der Waals surface area contributed by atoms with E-state index in [0.29, 0.717) is 13.1 Å². The van der Waals surface area contributed by atoms with Crippen LogP contribution in [-0.4, -0.2) is 38.7 Å². The zero-order valence-corrected chi connectivity index (χ0v) is 10.5. The number of hydrogen-bond donors (Lipinski definition) is 1. The largest absolute Gasteiger partial charge is 0.465 e. The van der Waals surface area contributed by atoms with Crippen LogP contribution < -0.4 is 0 Å². The first kappa shape index (κ1) is 14.0. The van der Waals surface area contributed by atoms with Gasteiger partial charge in [0.05, 0.1) is 12.0 Å². The summed E-state index contributed by atoms with van der Waals surface area (Å²) in [5.41, 5.74) is 0.973. The van der Waals surface area contributed by atoms with Gasteiger partial charge in [-0.05, 0) is 12.8 Å². The zero-order chi connectivity index (χ0) is 13.4. The second kappa shape index (κ2) is 7.32. The molecule has 0 aromatic carbocycles. The molecule has 0 unspecified atom stereocenters. The van der Waals surface area contributed by atoms with Crippen LogP contribution in [0.5, 0.6) is 0 Å². The Kier molecular flexibility index (Phi) is 5.70. The summed E-state index contributed by atoms with van der Waals surface area (Å²) in [4.78, 5) is 16.5. The normalized spacial score (nSPS) is 10.0. The highest BCUT2D eigenvalue weighted by molar-refractivity contribution is 5.65. The Hall–Kier alpha value is -2.04. The van der Waals surface area contributed by atoms with Crippen LogP contribution >= 0.6 is 0 Å². The Morgan fingerprint density at radius 3 is 2.89 bits per heavy atom. The lowest BCUT2D eigenvalue weighted by atomic mass is 10.2. The molecule has 0 aliphatic heterocycles. The van der Waals surface area contributed by atoms with Crippen LogP contribution in [0.15, 0.2) is 37.8 Å². The minimum atomic E-state index is -0.910. The summed E-state index contributed by atoms with van der Waals surface area (Å²) in [5, 5.41) is 8.92. The topological polar surface area (TPSA) is 58.4 Å². The van der Waals surface area contributed by atoms with Crippen molar-refractivity contribution in [3.63, 3.8) is 0 Å². The summed E-state index contributed by atoms with van der Waals surface area (Å²) in [6, 6.07) is 0. The smallest absolute Gasteiger partial charge is 0.407 e. The van der Waals surface area contributed by atoms with Crippen LogP contribution in [-0.2, 0) is 13.0 Å². The maximum absolute atomic E-state index is 10.9. The first-order chi connectivity index (χ1) is 8.67. The molecular formula is C13H19N3O2. The molecule has 0 saturated heterocycles. The molecule has 5 heteroatoms. The number of aryl methyl sites for hydroxylation is 1. The number of carboxylic acid groups (broad SMARTS) is 1. The lowest BCUT2D eigenvalue weighted by Gasteiger charge is -2.16. The molecule has 1 aromatic heterocycles. The van der Waals surface area contributed by atoms with E-state index in [1.165, 1.54) is 4.90 Å². The van der Waals surface area contributed by atoms with Gasteiger partial charge >= 0.3 is 6.09 Å². The maximum Gasteiger partial charge on any atom is 0.407 e. The highest BCUT2D eigenvalue weighted by Crippen LogP contribution is 2.02. The highest BCUT2D eigenvalue weighted by Gasteiger charge is 2.09. The van der Waals surface area contributed by atoms with Gasteiger partial charge in [0.25, 0.3) is 0 Å². The average molecular weight is 249 g/mol. The van der Waals surface area contributed by atoms with Crippen molar-refractivity contribution >= 4 is 6.09 Å². The monoisotopic (exact) mass is 249 g/mol. The quantitative estimate of drug-likeness (QED) is 0.718. The van der Waals surface area contributed by atoms with E-state index in [2.05, 4.69) is 18.1 Å². The molecule has 0 saturated carbocycles. The molecular weight excluding hydrogens is 230 g/mol. The van der Waals surface area contributed by atoms with Crippen molar-refractivity contribution in [3.8, 4) is 0 Å². The summed E-state index contributed by atoms with van der Waals surface area (Å²) in [7, 11) is 0. The third-order valence-electron chi connectivity index (χ3n) is 2.51. The van der Waals surface area contributed by atoms with E-state index in [9.17, 15) is 4.79 Å². The number of rotatable bonds is 8. The van der Waals surface area contributed by atoms with Crippen molar-refractivity contribution in [2.24, 2.45) is 0 Å². The van der Waals surface area contributed by atoms with Crippen molar-refractivity contribution in [1.82, 2.24) is 14.5 Å². The van der Waals surface area contributed by atoms with E-state index in [1.807, 2.05) is 16.8 Å². The number of imidazole rings is 1. The van der Waals surface area contributed by atoms with Crippen molar-refractivity contribution in [1.29, 1.82) is 0 Å². The number of amides is 1. The van der Waals surface area contributed by atoms with Crippen molar-refractivity contribution in [2.45, 2.75) is 19.4 Å². The first-order valence-electron chi connectivity index (χ1n) is 5.87. The summed E-state index contributed by atoms with van der Waals surface area (Å²) < 4.78 is 1.95. The number of nitrogens with zero attached hydrogens (tertiary/aromatic N) is 3. The van der Waals surface area contributed by atoms with E-state index >= 15 is 0 Å². The fourth-order valence-corrected chi connectivity index (χ4v) is 1.66. The van der Waals surface area contributed by atoms with Gasteiger partial charge in [-0.15, -0.1) is 13.2 Å². The Labute approximate surface area is 107 Å². The molecule has 1 aromatic rings. The minimum absolute atomic E-state index is 0.361. The molecule has 1 amide bonds. The number of hydrogen-bond acceptors (Lipinski definition) is 2. The zero-order valence-electron chi connectivity index (χ0n) is 10.5. The lowest BCUT2D eigenvalue weighted by molar-refractivity contribution is 0.150. The molecule has 5 nitrogen and oxygen atoms in total. The molecule has 98 valence electrons. The highest BCUT2D eigenvalue weighted by atomic mass is 16.4. The van der Waals surface area contributed by atoms with Crippen LogP contribution in [0.1, 0.15) is 12.1 Å². The predicted octanol–water partition coefficient (Wildman–Crippen LogP) is 2.17. The van der Waals surface area contributed by atoms with Gasteiger partial charge in [0, 0.05) is 25.8 Å². The third-order valence-corrected chi connectivity index (χ3v) is 2.51. The van der Waals surface area contributed by atoms with Crippen LogP contribution in [0.25, 0.3) is 0 Å². The van der Waals surface area contributed by atoms with Crippen molar-refractivity contribution in [3.05, 3.63) is 43.5 Å². The predicted molar refractivity (Wildman–Crippen MR) is 70.5 cm³/mol. The van der Waals surface area contributed by atoms with Gasteiger partial charge in [-0.2, -0.15) is 0 Å². The van der Waals surface area contributed by atoms with E-state index < -0.39 is 6.09 Å². The summed E-state index contributed by atoms with van der Waals surface area (Å²) >= 11 is 0. The third kappa shape index (κ3) is 4.45. The maximum atomic E-state index is 10.9. The second-order valence-corrected chi connectivity index (χ2v) is 3.97. The van der Waals surface area contributed by atoms with E-state index in [0.717, 1.165) is 25.1 Å². The van der Waals surface area contributed by atoms with Gasteiger partial charge in [-0.25, -0.2) is 9.78 Å². The molecule has 1 N–H and O–H groups in total. The molecule has 1 heterocycles. The van der Waals surface area contributed by atoms with Crippen LogP contribution in [0, 0.1) is 0 Å². The van der Waals surface area contributed by atoms with Crippen LogP contribution in [0.2, 0.25) is 0 Å². The minimum Gasteiger partial charge on any atom is -0.465 e. The number of allylic oxidation sites excluding steroid dienone is 1. The van der Waals surface area contributed by atoms with Crippen LogP contribution in [0.4, 0.5) is 4.79 Å². The van der Waals surface area contributed by atoms with Crippen molar-refractivity contribution in [2.75, 3.05) is 13.1 Å². The first-order valence-corrected chi connectivity index (χ1v) is 5.87. The van der Waals surface area contributed by atoms with Gasteiger partial charge in [0.1, 0.15) is 0 Å². The lowest BCUT2D eigenvalue weighted by Crippen LogP contribution is -2.30. The Bertz CT molecular complexity index is 412. The number of carbonyl (C=O) groups is 1. The molecule has 0 fully saturated rings. The Morgan fingerprint density at radius 2 is 2.28 bits per heavy atom. The van der Waals surface area contributed by atoms with E-state index in [-0.39, 0.29) is 0 Å². The molecule has 0 radical (unpaired) electrons. The van der Waals surface area contributed by atoms with Crippen LogP contribution in [0.3, 0.4) is 0 Å². The Morgan fingerprint density at radius 1 is 1.50 bits per heavy atom. The Balaban J connectivity index is 2.37. The summed E-state index contributed by atoms with van der Waals surface area (Å²) in [6.07, 6.45) is 7.73. The van der Waals surface area contributed by atoms with E-state index in [1.54, 1.807) is 12.4 Å². The molecule has 1 rings (SSSR count). The summed E-state index contributed by atoms with van der Waals surface area (Å²) in [5.74, 6) is 0. The van der Waals surface area contributed by atoms with E-state index in [4.69, 9.17) is 5.11 Å². The molecule has 18 heavy (non-hydrogen) atoms. The van der Waals surface area contributed by atoms with Gasteiger partial charge < -0.3 is 14.6 Å². The molecule has 0 aliphatic rings. The molecule has 0 atom stereocenters. The molecule has 0 spiro atoms.